The van der Waals surface area contributed by atoms with Crippen LogP contribution in [0, 0.1) is 3.57 Å². The lowest BCUT2D eigenvalue weighted by Gasteiger charge is -2.09. The molecular weight excluding hydrogens is 401 g/mol. The smallest absolute Gasteiger partial charge is 0.251 e. The highest BCUT2D eigenvalue weighted by Gasteiger charge is 2.08. The molecular formula is C16H15ClINO2. The number of halogens is 2. The van der Waals surface area contributed by atoms with Gasteiger partial charge in [-0.05, 0) is 58.8 Å². The molecule has 0 unspecified atom stereocenters. The van der Waals surface area contributed by atoms with Gasteiger partial charge in [0.05, 0.1) is 12.1 Å². The second kappa shape index (κ2) is 7.66. The lowest BCUT2D eigenvalue weighted by atomic mass is 10.1. The second-order valence-corrected chi connectivity index (χ2v) is 6.02. The molecule has 0 aromatic heterocycles. The van der Waals surface area contributed by atoms with Crippen LogP contribution in [-0.4, -0.2) is 19.6 Å². The molecule has 0 bridgehead atoms. The zero-order valence-corrected chi connectivity index (χ0v) is 14.4. The number of carbonyl (C=O) groups excluding carboxylic acids is 1. The normalized spacial score (nSPS) is 10.2. The number of para-hydroxylation sites is 1. The summed E-state index contributed by atoms with van der Waals surface area (Å²) in [5.74, 6) is 0.715. The minimum atomic E-state index is -0.122. The number of amides is 1. The summed E-state index contributed by atoms with van der Waals surface area (Å²) in [4.78, 5) is 12.0. The highest BCUT2D eigenvalue weighted by atomic mass is 127. The van der Waals surface area contributed by atoms with Crippen LogP contribution in [0.25, 0.3) is 0 Å². The maximum Gasteiger partial charge on any atom is 0.251 e. The Morgan fingerprint density at radius 3 is 2.76 bits per heavy atom. The fraction of sp³-hybridized carbons (Fsp3) is 0.188. The molecule has 21 heavy (non-hydrogen) atoms. The van der Waals surface area contributed by atoms with Gasteiger partial charge in [0.15, 0.2) is 0 Å². The molecule has 0 fully saturated rings. The fourth-order valence-corrected chi connectivity index (χ4v) is 2.48. The zero-order valence-electron chi connectivity index (χ0n) is 11.5. The lowest BCUT2D eigenvalue weighted by Crippen LogP contribution is -2.25. The van der Waals surface area contributed by atoms with E-state index in [9.17, 15) is 4.79 Å². The summed E-state index contributed by atoms with van der Waals surface area (Å²) < 4.78 is 6.22. The van der Waals surface area contributed by atoms with E-state index in [2.05, 4.69) is 27.9 Å². The van der Waals surface area contributed by atoms with E-state index in [4.69, 9.17) is 16.3 Å². The minimum Gasteiger partial charge on any atom is -0.496 e. The quantitative estimate of drug-likeness (QED) is 0.752. The molecule has 5 heteroatoms. The second-order valence-electron chi connectivity index (χ2n) is 4.45. The van der Waals surface area contributed by atoms with E-state index < -0.39 is 0 Å². The van der Waals surface area contributed by atoms with E-state index in [1.807, 2.05) is 30.3 Å². The maximum absolute atomic E-state index is 12.0. The predicted octanol–water partition coefficient (Wildman–Crippen LogP) is 3.93. The summed E-state index contributed by atoms with van der Waals surface area (Å²) >= 11 is 8.15. The number of methoxy groups -OCH3 is 1. The van der Waals surface area contributed by atoms with Gasteiger partial charge in [-0.2, -0.15) is 0 Å². The number of hydrogen-bond donors (Lipinski definition) is 1. The zero-order chi connectivity index (χ0) is 15.2. The largest absolute Gasteiger partial charge is 0.496 e. The summed E-state index contributed by atoms with van der Waals surface area (Å²) in [6, 6.07) is 13.1. The van der Waals surface area contributed by atoms with Gasteiger partial charge in [-0.3, -0.25) is 4.79 Å². The fourth-order valence-electron chi connectivity index (χ4n) is 1.96. The van der Waals surface area contributed by atoms with Crippen LogP contribution in [0.5, 0.6) is 5.75 Å². The van der Waals surface area contributed by atoms with Crippen molar-refractivity contribution in [3.8, 4) is 5.75 Å². The SMILES string of the molecule is COc1ccccc1CCNC(=O)c1ccc(I)c(Cl)c1. The molecule has 0 aliphatic carbocycles. The molecule has 2 aromatic rings. The Morgan fingerprint density at radius 1 is 1.29 bits per heavy atom. The average molecular weight is 416 g/mol. The summed E-state index contributed by atoms with van der Waals surface area (Å²) in [7, 11) is 1.64. The monoisotopic (exact) mass is 415 g/mol. The molecule has 0 heterocycles. The van der Waals surface area contributed by atoms with Crippen LogP contribution in [0.4, 0.5) is 0 Å². The summed E-state index contributed by atoms with van der Waals surface area (Å²) in [6.07, 6.45) is 0.716. The standard InChI is InChI=1S/C16H15ClINO2/c1-21-15-5-3-2-4-11(15)8-9-19-16(20)12-6-7-14(18)13(17)10-12/h2-7,10H,8-9H2,1H3,(H,19,20). The van der Waals surface area contributed by atoms with E-state index in [1.54, 1.807) is 19.2 Å². The Labute approximate surface area is 142 Å². The molecule has 0 atom stereocenters. The van der Waals surface area contributed by atoms with Gasteiger partial charge in [-0.25, -0.2) is 0 Å². The van der Waals surface area contributed by atoms with Gasteiger partial charge in [-0.15, -0.1) is 0 Å². The molecule has 0 aliphatic heterocycles. The van der Waals surface area contributed by atoms with E-state index in [-0.39, 0.29) is 5.91 Å². The Morgan fingerprint density at radius 2 is 2.05 bits per heavy atom. The Hall–Kier alpha value is -1.27. The molecule has 1 N–H and O–H groups in total. The molecule has 2 rings (SSSR count). The van der Waals surface area contributed by atoms with Gasteiger partial charge in [0.2, 0.25) is 0 Å². The van der Waals surface area contributed by atoms with Crippen LogP contribution in [-0.2, 0) is 6.42 Å². The highest BCUT2D eigenvalue weighted by Crippen LogP contribution is 2.20. The predicted molar refractivity (Wildman–Crippen MR) is 93.2 cm³/mol. The van der Waals surface area contributed by atoms with Crippen LogP contribution in [0.3, 0.4) is 0 Å². The highest BCUT2D eigenvalue weighted by molar-refractivity contribution is 14.1. The minimum absolute atomic E-state index is 0.122. The Balaban J connectivity index is 1.93. The molecule has 1 amide bonds. The van der Waals surface area contributed by atoms with Gasteiger partial charge >= 0.3 is 0 Å². The summed E-state index contributed by atoms with van der Waals surface area (Å²) in [6.45, 7) is 0.544. The van der Waals surface area contributed by atoms with Crippen molar-refractivity contribution in [3.05, 3.63) is 62.2 Å². The lowest BCUT2D eigenvalue weighted by molar-refractivity contribution is 0.0954. The van der Waals surface area contributed by atoms with Crippen molar-refractivity contribution >= 4 is 40.1 Å². The third-order valence-electron chi connectivity index (χ3n) is 3.05. The van der Waals surface area contributed by atoms with Crippen molar-refractivity contribution in [1.29, 1.82) is 0 Å². The van der Waals surface area contributed by atoms with Crippen molar-refractivity contribution in [3.63, 3.8) is 0 Å². The first-order chi connectivity index (χ1) is 10.1. The first-order valence-corrected chi connectivity index (χ1v) is 7.92. The van der Waals surface area contributed by atoms with Crippen LogP contribution < -0.4 is 10.1 Å². The molecule has 0 saturated heterocycles. The van der Waals surface area contributed by atoms with E-state index in [1.165, 1.54) is 0 Å². The Kier molecular flexibility index (Phi) is 5.87. The van der Waals surface area contributed by atoms with E-state index in [0.29, 0.717) is 23.6 Å². The molecule has 0 spiro atoms. The topological polar surface area (TPSA) is 38.3 Å². The molecule has 0 saturated carbocycles. The number of rotatable bonds is 5. The number of ether oxygens (including phenoxy) is 1. The van der Waals surface area contributed by atoms with Crippen LogP contribution in [0.2, 0.25) is 5.02 Å². The number of nitrogens with one attached hydrogen (secondary N) is 1. The maximum atomic E-state index is 12.0. The number of benzene rings is 2. The number of carbonyl (C=O) groups is 1. The molecule has 2 aromatic carbocycles. The third kappa shape index (κ3) is 4.35. The van der Waals surface area contributed by atoms with Crippen molar-refractivity contribution in [1.82, 2.24) is 5.32 Å². The van der Waals surface area contributed by atoms with Gasteiger partial charge in [0.25, 0.3) is 5.91 Å². The van der Waals surface area contributed by atoms with Crippen LogP contribution in [0.1, 0.15) is 15.9 Å². The first kappa shape index (κ1) is 16.1. The number of hydrogen-bond acceptors (Lipinski definition) is 2. The van der Waals surface area contributed by atoms with E-state index in [0.717, 1.165) is 14.9 Å². The van der Waals surface area contributed by atoms with Crippen molar-refractivity contribution in [2.45, 2.75) is 6.42 Å². The molecule has 0 radical (unpaired) electrons. The summed E-state index contributed by atoms with van der Waals surface area (Å²) in [5, 5.41) is 3.48. The van der Waals surface area contributed by atoms with Crippen LogP contribution >= 0.6 is 34.2 Å². The summed E-state index contributed by atoms with van der Waals surface area (Å²) in [5.41, 5.74) is 1.64. The molecule has 0 aliphatic rings. The van der Waals surface area contributed by atoms with Gasteiger partial charge in [0.1, 0.15) is 5.75 Å². The van der Waals surface area contributed by atoms with Crippen LogP contribution in [0.15, 0.2) is 42.5 Å². The molecule has 110 valence electrons. The third-order valence-corrected chi connectivity index (χ3v) is 4.63. The average Bonchev–Trinajstić information content (AvgIpc) is 2.50. The van der Waals surface area contributed by atoms with Crippen molar-refractivity contribution in [2.24, 2.45) is 0 Å². The Bertz CT molecular complexity index is 646. The van der Waals surface area contributed by atoms with Gasteiger partial charge in [-0.1, -0.05) is 29.8 Å². The van der Waals surface area contributed by atoms with E-state index >= 15 is 0 Å². The molecule has 3 nitrogen and oxygen atoms in total. The van der Waals surface area contributed by atoms with Crippen molar-refractivity contribution < 1.29 is 9.53 Å². The van der Waals surface area contributed by atoms with Gasteiger partial charge < -0.3 is 10.1 Å². The van der Waals surface area contributed by atoms with Gasteiger partial charge in [0, 0.05) is 15.7 Å². The van der Waals surface area contributed by atoms with Crippen molar-refractivity contribution in [2.75, 3.05) is 13.7 Å². The first-order valence-electron chi connectivity index (χ1n) is 6.47.